The molecular formula is C73H62B2N2O. The summed E-state index contributed by atoms with van der Waals surface area (Å²) in [6.07, 6.45) is 14.1. The molecule has 3 aliphatic heterocycles. The Labute approximate surface area is 459 Å². The summed E-state index contributed by atoms with van der Waals surface area (Å²) in [6.45, 7) is 9.62. The van der Waals surface area contributed by atoms with Crippen molar-refractivity contribution in [3.8, 4) is 22.3 Å². The molecule has 3 heterocycles. The lowest BCUT2D eigenvalue weighted by atomic mass is 9.33. The minimum Gasteiger partial charge on any atom is -0.263 e. The number of hydrogen-bond acceptors (Lipinski definition) is 1. The van der Waals surface area contributed by atoms with E-state index in [1.54, 1.807) is 22.3 Å². The Hall–Kier alpha value is -6.58. The molecule has 0 saturated heterocycles. The summed E-state index contributed by atoms with van der Waals surface area (Å²) in [7, 11) is 0. The standard InChI is InChI=1S/C73H62B2N2O/c1-70(2)56-11-7-5-9-50(56)54-29-64-62(31-58(54)70)74(46-15-17-48-38-21-42-25-44-23-40(52(48)27-46)35-72(42,44)33-38)60-19-13-37-14-20-61-68-66(37)67(60)76(64)69(78)77(68)65-30-55-51-10-6-8-12-57(51)71(3,4)59(55)32-63(65)75(61)47-16-18-49-39-22-43-26-45-24-41(53(49)28-47)36-73(43,45)34-39/h5-20,27-32,38-45H,21-26,33-36H2,1-4H3. The predicted octanol–water partition coefficient (Wildman–Crippen LogP) is 13.3. The molecule has 8 aromatic rings. The van der Waals surface area contributed by atoms with Crippen molar-refractivity contribution in [2.45, 2.75) is 126 Å². The molecule has 376 valence electrons. The lowest BCUT2D eigenvalue weighted by Gasteiger charge is -2.48. The van der Waals surface area contributed by atoms with Gasteiger partial charge in [-0.25, -0.2) is 4.79 Å². The number of rotatable bonds is 2. The van der Waals surface area contributed by atoms with E-state index in [0.29, 0.717) is 34.5 Å². The van der Waals surface area contributed by atoms with Crippen molar-refractivity contribution in [3.63, 3.8) is 0 Å². The average molecular weight is 1000 g/mol. The summed E-state index contributed by atoms with van der Waals surface area (Å²) in [5, 5.41) is 2.44. The third kappa shape index (κ3) is 4.54. The fraction of sp³-hybridized carbons (Fsp3) is 0.356. The van der Waals surface area contributed by atoms with Gasteiger partial charge in [-0.3, -0.25) is 9.80 Å². The number of urea groups is 1. The maximum Gasteiger partial charge on any atom is 0.338 e. The highest BCUT2D eigenvalue weighted by molar-refractivity contribution is 7.00. The van der Waals surface area contributed by atoms with Crippen LogP contribution in [-0.2, 0) is 10.8 Å². The molecule has 8 aromatic carbocycles. The first kappa shape index (κ1) is 42.4. The Bertz CT molecular complexity index is 4010. The molecule has 6 bridgehead atoms. The number of nitrogens with zero attached hydrogens (tertiary/aromatic N) is 2. The number of amides is 2. The molecule has 2 amide bonds. The fourth-order valence-electron chi connectivity index (χ4n) is 22.8. The minimum atomic E-state index is -0.185. The van der Waals surface area contributed by atoms with Crippen molar-refractivity contribution >= 4 is 85.8 Å². The number of anilines is 4. The average Bonchev–Trinajstić information content (AvgIpc) is 3.15. The summed E-state index contributed by atoms with van der Waals surface area (Å²) < 4.78 is 0. The van der Waals surface area contributed by atoms with Crippen LogP contribution in [-0.4, -0.2) is 19.5 Å². The molecule has 5 heteroatoms. The lowest BCUT2D eigenvalue weighted by molar-refractivity contribution is 0.00321. The van der Waals surface area contributed by atoms with Crippen molar-refractivity contribution in [1.82, 2.24) is 0 Å². The maximum atomic E-state index is 17.0. The minimum absolute atomic E-state index is 0.0280. The largest absolute Gasteiger partial charge is 0.338 e. The van der Waals surface area contributed by atoms with Crippen LogP contribution in [0.15, 0.2) is 133 Å². The first-order chi connectivity index (χ1) is 38.0. The van der Waals surface area contributed by atoms with E-state index in [0.717, 1.165) is 46.4 Å². The van der Waals surface area contributed by atoms with E-state index in [1.165, 1.54) is 152 Å². The van der Waals surface area contributed by atoms with Crippen LogP contribution in [0.1, 0.15) is 160 Å². The van der Waals surface area contributed by atoms with Crippen LogP contribution < -0.4 is 42.6 Å². The fourth-order valence-corrected chi connectivity index (χ4v) is 22.8. The van der Waals surface area contributed by atoms with Crippen LogP contribution >= 0.6 is 0 Å². The highest BCUT2D eigenvalue weighted by Crippen LogP contribution is 2.77. The topological polar surface area (TPSA) is 23.6 Å². The molecule has 13 aliphatic rings. The van der Waals surface area contributed by atoms with Gasteiger partial charge in [-0.1, -0.05) is 160 Å². The van der Waals surface area contributed by atoms with Gasteiger partial charge in [0.15, 0.2) is 0 Å². The second-order valence-electron chi connectivity index (χ2n) is 29.2. The van der Waals surface area contributed by atoms with Gasteiger partial charge in [0.05, 0.1) is 11.4 Å². The Morgan fingerprint density at radius 1 is 0.410 bits per heavy atom. The third-order valence-corrected chi connectivity index (χ3v) is 26.0. The van der Waals surface area contributed by atoms with Gasteiger partial charge in [-0.05, 0) is 229 Å². The zero-order valence-corrected chi connectivity index (χ0v) is 45.3. The van der Waals surface area contributed by atoms with Crippen LogP contribution in [0.5, 0.6) is 0 Å². The van der Waals surface area contributed by atoms with Crippen molar-refractivity contribution in [2.75, 3.05) is 9.80 Å². The molecule has 2 spiro atoms. The molecule has 6 fully saturated rings. The summed E-state index contributed by atoms with van der Waals surface area (Å²) >= 11 is 0. The molecule has 0 N–H and O–H groups in total. The zero-order chi connectivity index (χ0) is 51.0. The smallest absolute Gasteiger partial charge is 0.263 e. The van der Waals surface area contributed by atoms with Crippen molar-refractivity contribution < 1.29 is 4.79 Å². The molecule has 3 nitrogen and oxygen atoms in total. The molecule has 0 radical (unpaired) electrons. The molecule has 6 saturated carbocycles. The van der Waals surface area contributed by atoms with Crippen molar-refractivity contribution in [1.29, 1.82) is 0 Å². The van der Waals surface area contributed by atoms with Gasteiger partial charge in [0.25, 0.3) is 0 Å². The van der Waals surface area contributed by atoms with Gasteiger partial charge >= 0.3 is 6.03 Å². The van der Waals surface area contributed by atoms with E-state index in [-0.39, 0.29) is 30.3 Å². The van der Waals surface area contributed by atoms with Crippen LogP contribution in [0.2, 0.25) is 0 Å². The van der Waals surface area contributed by atoms with Gasteiger partial charge in [0.2, 0.25) is 13.4 Å². The summed E-state index contributed by atoms with van der Waals surface area (Å²) in [4.78, 5) is 21.5. The van der Waals surface area contributed by atoms with Crippen molar-refractivity contribution in [2.24, 2.45) is 34.5 Å². The van der Waals surface area contributed by atoms with Gasteiger partial charge in [0.1, 0.15) is 0 Å². The monoisotopic (exact) mass is 1000 g/mol. The molecule has 78 heavy (non-hydrogen) atoms. The number of carbonyl (C=O) groups is 1. The van der Waals surface area contributed by atoms with E-state index in [9.17, 15) is 0 Å². The Morgan fingerprint density at radius 2 is 0.833 bits per heavy atom. The first-order valence-electron chi connectivity index (χ1n) is 30.5. The SMILES string of the molecule is CC1(C)c2ccccc2-c2cc3c(cc21)B(c1ccc2c(c1)C1CC4CC5CC2CC54C1)c1ccc2ccc4c5c2c1N3C(=O)N5c1cc2c(cc1B4c1ccc3c(c1)C1CC4CC5CC3CC54C1)C(C)(C)c1ccccc1-2. The van der Waals surface area contributed by atoms with Gasteiger partial charge < -0.3 is 0 Å². The second kappa shape index (κ2) is 13.2. The molecule has 10 aliphatic carbocycles. The molecule has 0 aromatic heterocycles. The zero-order valence-electron chi connectivity index (χ0n) is 45.3. The van der Waals surface area contributed by atoms with E-state index >= 15 is 4.79 Å². The van der Waals surface area contributed by atoms with E-state index in [1.807, 2.05) is 0 Å². The number of carbonyl (C=O) groups excluding carboxylic acids is 1. The van der Waals surface area contributed by atoms with Crippen LogP contribution in [0.4, 0.5) is 27.5 Å². The highest BCUT2D eigenvalue weighted by atomic mass is 16.2. The quantitative estimate of drug-likeness (QED) is 0.158. The highest BCUT2D eigenvalue weighted by Gasteiger charge is 2.67. The molecule has 10 atom stereocenters. The lowest BCUT2D eigenvalue weighted by Crippen LogP contribution is -2.64. The Kier molecular flexibility index (Phi) is 7.16. The molecule has 21 rings (SSSR count). The number of fused-ring (bicyclic) bond motifs is 20. The summed E-state index contributed by atoms with van der Waals surface area (Å²) in [5.74, 6) is 6.47. The van der Waals surface area contributed by atoms with Crippen LogP contribution in [0.25, 0.3) is 33.0 Å². The summed E-state index contributed by atoms with van der Waals surface area (Å²) in [5.41, 5.74) is 30.2. The number of benzene rings is 8. The third-order valence-electron chi connectivity index (χ3n) is 26.0. The first-order valence-corrected chi connectivity index (χ1v) is 30.5. The Morgan fingerprint density at radius 3 is 1.28 bits per heavy atom. The van der Waals surface area contributed by atoms with E-state index < -0.39 is 0 Å². The normalized spacial score (nSPS) is 31.8. The maximum absolute atomic E-state index is 17.0. The van der Waals surface area contributed by atoms with Crippen LogP contribution in [0, 0.1) is 34.5 Å². The summed E-state index contributed by atoms with van der Waals surface area (Å²) in [6, 6.07) is 53.7. The van der Waals surface area contributed by atoms with Gasteiger partial charge in [0, 0.05) is 27.6 Å². The van der Waals surface area contributed by atoms with E-state index in [4.69, 9.17) is 0 Å². The van der Waals surface area contributed by atoms with E-state index in [2.05, 4.69) is 171 Å². The van der Waals surface area contributed by atoms with Crippen LogP contribution in [0.3, 0.4) is 0 Å². The Balaban J connectivity index is 0.838. The second-order valence-corrected chi connectivity index (χ2v) is 29.2. The van der Waals surface area contributed by atoms with Gasteiger partial charge in [-0.15, -0.1) is 0 Å². The van der Waals surface area contributed by atoms with Gasteiger partial charge in [-0.2, -0.15) is 0 Å². The van der Waals surface area contributed by atoms with Crippen molar-refractivity contribution in [3.05, 3.63) is 178 Å². The molecule has 10 unspecified atom stereocenters. The number of hydrogen-bond donors (Lipinski definition) is 0. The predicted molar refractivity (Wildman–Crippen MR) is 320 cm³/mol. The molecular weight excluding hydrogens is 942 g/mol.